The topological polar surface area (TPSA) is 103 Å². The first-order valence-electron chi connectivity index (χ1n) is 9.79. The van der Waals surface area contributed by atoms with Gasteiger partial charge in [0.1, 0.15) is 12.2 Å². The van der Waals surface area contributed by atoms with Gasteiger partial charge in [-0.15, -0.1) is 0 Å². The second kappa shape index (κ2) is 10.4. The predicted molar refractivity (Wildman–Crippen MR) is 108 cm³/mol. The van der Waals surface area contributed by atoms with Gasteiger partial charge >= 0.3 is 11.8 Å². The minimum absolute atomic E-state index is 0.0475. The maximum absolute atomic E-state index is 12.0. The molecule has 0 unspecified atom stereocenters. The molecule has 29 heavy (non-hydrogen) atoms. The van der Waals surface area contributed by atoms with Crippen LogP contribution in [0.1, 0.15) is 33.6 Å². The summed E-state index contributed by atoms with van der Waals surface area (Å²) in [5.74, 6) is 0.257. The van der Waals surface area contributed by atoms with E-state index in [2.05, 4.69) is 10.2 Å². The molecule has 1 aliphatic rings. The molecule has 1 N–H and O–H groups in total. The van der Waals surface area contributed by atoms with Crippen molar-refractivity contribution in [1.29, 1.82) is 0 Å². The average molecular weight is 409 g/mol. The second-order valence-corrected chi connectivity index (χ2v) is 8.03. The zero-order chi connectivity index (χ0) is 21.4. The Morgan fingerprint density at radius 1 is 1.34 bits per heavy atom. The fourth-order valence-electron chi connectivity index (χ4n) is 3.30. The molecule has 1 fully saturated rings. The molecule has 0 aliphatic carbocycles. The lowest BCUT2D eigenvalue weighted by Gasteiger charge is -2.39. The Morgan fingerprint density at radius 3 is 2.72 bits per heavy atom. The number of carbonyl (C=O) groups excluding carboxylic acids is 1. The molecule has 1 aromatic rings. The molecule has 0 bridgehead atoms. The molecule has 0 saturated carbocycles. The van der Waals surface area contributed by atoms with E-state index in [1.807, 2.05) is 20.8 Å². The third-order valence-corrected chi connectivity index (χ3v) is 4.70. The van der Waals surface area contributed by atoms with Crippen LogP contribution in [0.25, 0.3) is 0 Å². The number of nitrogens with zero attached hydrogens (tertiary/aromatic N) is 2. The summed E-state index contributed by atoms with van der Waals surface area (Å²) in [7, 11) is 1.69. The lowest BCUT2D eigenvalue weighted by molar-refractivity contribution is -0.385. The second-order valence-electron chi connectivity index (χ2n) is 8.03. The van der Waals surface area contributed by atoms with E-state index in [1.165, 1.54) is 6.07 Å². The summed E-state index contributed by atoms with van der Waals surface area (Å²) >= 11 is 0. The number of methoxy groups -OCH3 is 1. The highest BCUT2D eigenvalue weighted by Crippen LogP contribution is 2.26. The molecule has 2 atom stereocenters. The molecule has 0 spiro atoms. The maximum Gasteiger partial charge on any atom is 0.407 e. The summed E-state index contributed by atoms with van der Waals surface area (Å²) in [4.78, 5) is 24.9. The van der Waals surface area contributed by atoms with Gasteiger partial charge in [-0.3, -0.25) is 15.0 Å². The normalized spacial score (nSPS) is 20.1. The van der Waals surface area contributed by atoms with Gasteiger partial charge in [0.25, 0.3) is 0 Å². The number of rotatable bonds is 8. The number of benzene rings is 1. The summed E-state index contributed by atoms with van der Waals surface area (Å²) in [6.07, 6.45) is 1.34. The highest BCUT2D eigenvalue weighted by Gasteiger charge is 2.29. The lowest BCUT2D eigenvalue weighted by atomic mass is 9.99. The van der Waals surface area contributed by atoms with Crippen molar-refractivity contribution < 1.29 is 23.9 Å². The van der Waals surface area contributed by atoms with Crippen molar-refractivity contribution in [2.45, 2.75) is 51.4 Å². The van der Waals surface area contributed by atoms with E-state index in [4.69, 9.17) is 14.2 Å². The van der Waals surface area contributed by atoms with Gasteiger partial charge < -0.3 is 19.5 Å². The first-order chi connectivity index (χ1) is 13.7. The Bertz CT molecular complexity index is 691. The first-order valence-corrected chi connectivity index (χ1v) is 9.79. The zero-order valence-electron chi connectivity index (χ0n) is 17.6. The van der Waals surface area contributed by atoms with Crippen molar-refractivity contribution in [3.8, 4) is 5.75 Å². The molecule has 1 amide bonds. The van der Waals surface area contributed by atoms with E-state index in [1.54, 1.807) is 25.3 Å². The van der Waals surface area contributed by atoms with Crippen LogP contribution in [-0.4, -0.2) is 67.0 Å². The van der Waals surface area contributed by atoms with Crippen LogP contribution in [-0.2, 0) is 9.47 Å². The third kappa shape index (κ3) is 7.51. The van der Waals surface area contributed by atoms with Crippen LogP contribution in [0.15, 0.2) is 24.3 Å². The molecular weight excluding hydrogens is 378 g/mol. The van der Waals surface area contributed by atoms with Gasteiger partial charge in [0, 0.05) is 38.9 Å². The number of nitro groups is 1. The number of likely N-dealkylation sites (tertiary alicyclic amines) is 1. The Labute approximate surface area is 171 Å². The Hall–Kier alpha value is -2.39. The van der Waals surface area contributed by atoms with Gasteiger partial charge in [-0.25, -0.2) is 4.79 Å². The SMILES string of the molecule is CO[C@@H]1CCN(CCOc2ccccc2[N+](=O)[O-])[C@@H](CNC(=O)OC(C)(C)C)C1. The maximum atomic E-state index is 12.0. The van der Waals surface area contributed by atoms with E-state index in [9.17, 15) is 14.9 Å². The van der Waals surface area contributed by atoms with Gasteiger partial charge in [0.2, 0.25) is 0 Å². The Morgan fingerprint density at radius 2 is 2.07 bits per heavy atom. The van der Waals surface area contributed by atoms with Crippen LogP contribution in [0.3, 0.4) is 0 Å². The van der Waals surface area contributed by atoms with Crippen molar-refractivity contribution >= 4 is 11.8 Å². The molecule has 162 valence electrons. The van der Waals surface area contributed by atoms with Crippen LogP contribution in [0.2, 0.25) is 0 Å². The predicted octanol–water partition coefficient (Wildman–Crippen LogP) is 2.98. The molecule has 2 rings (SSSR count). The smallest absolute Gasteiger partial charge is 0.407 e. The number of amides is 1. The van der Waals surface area contributed by atoms with Crippen molar-refractivity contribution in [1.82, 2.24) is 10.2 Å². The molecule has 9 heteroatoms. The van der Waals surface area contributed by atoms with E-state index >= 15 is 0 Å². The van der Waals surface area contributed by atoms with Gasteiger partial charge in [0.15, 0.2) is 5.75 Å². The van der Waals surface area contributed by atoms with E-state index in [0.717, 1.165) is 19.4 Å². The number of nitro benzene ring substituents is 1. The molecule has 1 aliphatic heterocycles. The Kier molecular flexibility index (Phi) is 8.21. The number of ether oxygens (including phenoxy) is 3. The molecule has 1 aromatic carbocycles. The van der Waals surface area contributed by atoms with Crippen LogP contribution in [0, 0.1) is 10.1 Å². The number of hydrogen-bond donors (Lipinski definition) is 1. The number of hydrogen-bond acceptors (Lipinski definition) is 7. The number of nitrogens with one attached hydrogen (secondary N) is 1. The summed E-state index contributed by atoms with van der Waals surface area (Å²) in [6, 6.07) is 6.40. The Balaban J connectivity index is 1.91. The minimum atomic E-state index is -0.552. The fraction of sp³-hybridized carbons (Fsp3) is 0.650. The molecule has 1 saturated heterocycles. The summed E-state index contributed by atoms with van der Waals surface area (Å²) in [5.41, 5.74) is -0.599. The number of alkyl carbamates (subject to hydrolysis) is 1. The molecule has 0 radical (unpaired) electrons. The van der Waals surface area contributed by atoms with Crippen molar-refractivity contribution in [3.05, 3.63) is 34.4 Å². The van der Waals surface area contributed by atoms with Gasteiger partial charge in [0.05, 0.1) is 11.0 Å². The van der Waals surface area contributed by atoms with E-state index in [-0.39, 0.29) is 23.6 Å². The van der Waals surface area contributed by atoms with E-state index < -0.39 is 16.6 Å². The zero-order valence-corrected chi connectivity index (χ0v) is 17.6. The monoisotopic (exact) mass is 409 g/mol. The van der Waals surface area contributed by atoms with Gasteiger partial charge in [-0.2, -0.15) is 0 Å². The summed E-state index contributed by atoms with van der Waals surface area (Å²) in [6.45, 7) is 7.58. The van der Waals surface area contributed by atoms with Crippen molar-refractivity contribution in [3.63, 3.8) is 0 Å². The average Bonchev–Trinajstić information content (AvgIpc) is 2.66. The van der Waals surface area contributed by atoms with Crippen molar-refractivity contribution in [2.75, 3.05) is 33.4 Å². The third-order valence-electron chi connectivity index (χ3n) is 4.70. The molecule has 1 heterocycles. The molecule has 0 aromatic heterocycles. The number of piperidine rings is 1. The minimum Gasteiger partial charge on any atom is -0.485 e. The standard InChI is InChI=1S/C20H31N3O6/c1-20(2,3)29-19(24)21-14-15-13-16(27-4)9-10-22(15)11-12-28-18-8-6-5-7-17(18)23(25)26/h5-8,15-16H,9-14H2,1-4H3,(H,21,24)/t15-,16-/m1/s1. The van der Waals surface area contributed by atoms with Gasteiger partial charge in [-0.05, 0) is 39.7 Å². The number of para-hydroxylation sites is 2. The van der Waals surface area contributed by atoms with Crippen LogP contribution >= 0.6 is 0 Å². The highest BCUT2D eigenvalue weighted by atomic mass is 16.6. The quantitative estimate of drug-likeness (QED) is 0.520. The van der Waals surface area contributed by atoms with Crippen molar-refractivity contribution in [2.24, 2.45) is 0 Å². The highest BCUT2D eigenvalue weighted by molar-refractivity contribution is 5.67. The number of carbonyl (C=O) groups is 1. The first kappa shape index (κ1) is 22.9. The summed E-state index contributed by atoms with van der Waals surface area (Å²) in [5, 5.41) is 13.9. The molecular formula is C20H31N3O6. The van der Waals surface area contributed by atoms with Crippen LogP contribution in [0.4, 0.5) is 10.5 Å². The molecule has 9 nitrogen and oxygen atoms in total. The van der Waals surface area contributed by atoms with Crippen LogP contribution < -0.4 is 10.1 Å². The largest absolute Gasteiger partial charge is 0.485 e. The lowest BCUT2D eigenvalue weighted by Crippen LogP contribution is -2.51. The van der Waals surface area contributed by atoms with E-state index in [0.29, 0.717) is 19.7 Å². The summed E-state index contributed by atoms with van der Waals surface area (Å²) < 4.78 is 16.5. The van der Waals surface area contributed by atoms with Gasteiger partial charge in [-0.1, -0.05) is 12.1 Å². The fourth-order valence-corrected chi connectivity index (χ4v) is 3.30. The van der Waals surface area contributed by atoms with Crippen LogP contribution in [0.5, 0.6) is 5.75 Å².